The number of hydrogen-bond acceptors (Lipinski definition) is 3. The molecule has 1 aromatic carbocycles. The molecule has 116 valence electrons. The molecule has 0 saturated carbocycles. The van der Waals surface area contributed by atoms with Crippen molar-refractivity contribution >= 4 is 5.91 Å². The molecule has 2 rings (SSSR count). The second-order valence-electron chi connectivity index (χ2n) is 5.53. The van der Waals surface area contributed by atoms with Crippen LogP contribution in [0.2, 0.25) is 0 Å². The zero-order valence-electron chi connectivity index (χ0n) is 12.6. The van der Waals surface area contributed by atoms with Gasteiger partial charge < -0.3 is 15.0 Å². The Morgan fingerprint density at radius 1 is 1.38 bits per heavy atom. The summed E-state index contributed by atoms with van der Waals surface area (Å²) in [6.07, 6.45) is 1.86. The number of methoxy groups -OCH3 is 1. The fraction of sp³-hybridized carbons (Fsp3) is 0.562. The van der Waals surface area contributed by atoms with Crippen molar-refractivity contribution in [1.29, 1.82) is 0 Å². The van der Waals surface area contributed by atoms with Crippen LogP contribution in [-0.4, -0.2) is 43.7 Å². The Morgan fingerprint density at radius 2 is 2.00 bits per heavy atom. The largest absolute Gasteiger partial charge is 0.375 e. The number of halogens is 1. The second kappa shape index (κ2) is 7.52. The summed E-state index contributed by atoms with van der Waals surface area (Å²) in [5.41, 5.74) is 1.08. The molecular formula is C16H23FN2O2. The molecule has 1 atom stereocenters. The van der Waals surface area contributed by atoms with Gasteiger partial charge in [0.15, 0.2) is 0 Å². The number of nitrogens with zero attached hydrogens (tertiary/aromatic N) is 1. The predicted octanol–water partition coefficient (Wildman–Crippen LogP) is 2.11. The number of amides is 1. The average molecular weight is 294 g/mol. The lowest BCUT2D eigenvalue weighted by Crippen LogP contribution is -2.46. The quantitative estimate of drug-likeness (QED) is 0.904. The van der Waals surface area contributed by atoms with Crippen molar-refractivity contribution in [3.8, 4) is 0 Å². The average Bonchev–Trinajstić information content (AvgIpc) is 2.49. The van der Waals surface area contributed by atoms with Gasteiger partial charge in [-0.25, -0.2) is 4.39 Å². The molecule has 1 amide bonds. The maximum Gasteiger partial charge on any atom is 0.248 e. The highest BCUT2D eigenvalue weighted by atomic mass is 19.1. The van der Waals surface area contributed by atoms with Crippen LogP contribution in [0.1, 0.15) is 31.4 Å². The summed E-state index contributed by atoms with van der Waals surface area (Å²) >= 11 is 0. The van der Waals surface area contributed by atoms with E-state index in [9.17, 15) is 9.18 Å². The number of carbonyl (C=O) groups is 1. The highest BCUT2D eigenvalue weighted by Gasteiger charge is 2.23. The molecule has 1 fully saturated rings. The zero-order chi connectivity index (χ0) is 15.2. The molecule has 0 bridgehead atoms. The molecule has 1 unspecified atom stereocenters. The van der Waals surface area contributed by atoms with E-state index < -0.39 is 0 Å². The fourth-order valence-corrected chi connectivity index (χ4v) is 2.71. The van der Waals surface area contributed by atoms with Crippen LogP contribution in [0, 0.1) is 5.82 Å². The summed E-state index contributed by atoms with van der Waals surface area (Å²) in [6.45, 7) is 3.76. The van der Waals surface area contributed by atoms with Gasteiger partial charge in [0.2, 0.25) is 5.91 Å². The summed E-state index contributed by atoms with van der Waals surface area (Å²) in [5.74, 6) is -0.154. The Kier molecular flexibility index (Phi) is 5.70. The van der Waals surface area contributed by atoms with Crippen LogP contribution < -0.4 is 5.32 Å². The summed E-state index contributed by atoms with van der Waals surface area (Å²) in [6, 6.07) is 7.15. The van der Waals surface area contributed by atoms with Gasteiger partial charge in [-0.05, 0) is 37.5 Å². The van der Waals surface area contributed by atoms with Crippen molar-refractivity contribution in [2.45, 2.75) is 31.8 Å². The minimum absolute atomic E-state index is 0.0579. The van der Waals surface area contributed by atoms with Gasteiger partial charge >= 0.3 is 0 Å². The maximum absolute atomic E-state index is 12.9. The molecular weight excluding hydrogens is 271 g/mol. The summed E-state index contributed by atoms with van der Waals surface area (Å²) in [4.78, 5) is 13.6. The van der Waals surface area contributed by atoms with Gasteiger partial charge in [-0.3, -0.25) is 4.79 Å². The van der Waals surface area contributed by atoms with E-state index in [1.807, 2.05) is 17.0 Å². The van der Waals surface area contributed by atoms with Crippen molar-refractivity contribution < 1.29 is 13.9 Å². The molecule has 0 spiro atoms. The number of rotatable bonds is 5. The number of ether oxygens (including phenoxy) is 1. The molecule has 1 aromatic rings. The van der Waals surface area contributed by atoms with E-state index in [0.29, 0.717) is 6.04 Å². The van der Waals surface area contributed by atoms with E-state index in [2.05, 4.69) is 12.2 Å². The van der Waals surface area contributed by atoms with Crippen LogP contribution in [0.5, 0.6) is 0 Å². The van der Waals surface area contributed by atoms with Crippen molar-refractivity contribution in [3.05, 3.63) is 35.6 Å². The van der Waals surface area contributed by atoms with E-state index in [4.69, 9.17) is 4.74 Å². The third-order valence-electron chi connectivity index (χ3n) is 3.97. The fourth-order valence-electron chi connectivity index (χ4n) is 2.71. The van der Waals surface area contributed by atoms with Gasteiger partial charge in [-0.1, -0.05) is 12.1 Å². The van der Waals surface area contributed by atoms with Crippen molar-refractivity contribution in [1.82, 2.24) is 10.2 Å². The minimum Gasteiger partial charge on any atom is -0.375 e. The second-order valence-corrected chi connectivity index (χ2v) is 5.53. The monoisotopic (exact) mass is 294 g/mol. The molecule has 21 heavy (non-hydrogen) atoms. The Morgan fingerprint density at radius 3 is 2.57 bits per heavy atom. The Hall–Kier alpha value is -1.46. The number of hydrogen-bond donors (Lipinski definition) is 1. The molecule has 4 nitrogen and oxygen atoms in total. The maximum atomic E-state index is 12.9. The molecule has 0 aliphatic carbocycles. The minimum atomic E-state index is -0.212. The van der Waals surface area contributed by atoms with E-state index in [1.54, 1.807) is 0 Å². The third kappa shape index (κ3) is 4.51. The number of piperidine rings is 1. The SMILES string of the molecule is COCC(=O)N1CCC(NC(C)c2ccc(F)cc2)CC1. The molecule has 1 heterocycles. The molecule has 1 aliphatic heterocycles. The first-order valence-electron chi connectivity index (χ1n) is 7.38. The number of nitrogens with one attached hydrogen (secondary N) is 1. The van der Waals surface area contributed by atoms with E-state index in [-0.39, 0.29) is 24.4 Å². The van der Waals surface area contributed by atoms with Gasteiger partial charge in [0.1, 0.15) is 12.4 Å². The standard InChI is InChI=1S/C16H23FN2O2/c1-12(13-3-5-14(17)6-4-13)18-15-7-9-19(10-8-15)16(20)11-21-2/h3-6,12,15,18H,7-11H2,1-2H3. The first-order valence-corrected chi connectivity index (χ1v) is 7.38. The third-order valence-corrected chi connectivity index (χ3v) is 3.97. The van der Waals surface area contributed by atoms with E-state index in [0.717, 1.165) is 31.5 Å². The molecule has 5 heteroatoms. The van der Waals surface area contributed by atoms with Crippen molar-refractivity contribution in [3.63, 3.8) is 0 Å². The van der Waals surface area contributed by atoms with E-state index >= 15 is 0 Å². The molecule has 0 radical (unpaired) electrons. The normalized spacial score (nSPS) is 17.8. The lowest BCUT2D eigenvalue weighted by molar-refractivity contribution is -0.136. The van der Waals surface area contributed by atoms with Crippen molar-refractivity contribution in [2.24, 2.45) is 0 Å². The Bertz CT molecular complexity index is 456. The van der Waals surface area contributed by atoms with Crippen LogP contribution in [0.25, 0.3) is 0 Å². The number of carbonyl (C=O) groups excluding carboxylic acids is 1. The van der Waals surface area contributed by atoms with Crippen LogP contribution >= 0.6 is 0 Å². The molecule has 1 N–H and O–H groups in total. The summed E-state index contributed by atoms with van der Waals surface area (Å²) in [7, 11) is 1.54. The van der Waals surface area contributed by atoms with E-state index in [1.165, 1.54) is 19.2 Å². The smallest absolute Gasteiger partial charge is 0.248 e. The van der Waals surface area contributed by atoms with Crippen LogP contribution in [0.15, 0.2) is 24.3 Å². The number of benzene rings is 1. The van der Waals surface area contributed by atoms with Crippen LogP contribution in [-0.2, 0) is 9.53 Å². The molecule has 0 aromatic heterocycles. The lowest BCUT2D eigenvalue weighted by atomic mass is 10.0. The van der Waals surface area contributed by atoms with Gasteiger partial charge in [0.05, 0.1) is 0 Å². The highest BCUT2D eigenvalue weighted by Crippen LogP contribution is 2.18. The predicted molar refractivity (Wildman–Crippen MR) is 79.4 cm³/mol. The van der Waals surface area contributed by atoms with Gasteiger partial charge in [0, 0.05) is 32.3 Å². The van der Waals surface area contributed by atoms with Crippen molar-refractivity contribution in [2.75, 3.05) is 26.8 Å². The molecule has 1 aliphatic rings. The lowest BCUT2D eigenvalue weighted by Gasteiger charge is -2.34. The topological polar surface area (TPSA) is 41.6 Å². The van der Waals surface area contributed by atoms with Gasteiger partial charge in [0.25, 0.3) is 0 Å². The van der Waals surface area contributed by atoms with Gasteiger partial charge in [-0.2, -0.15) is 0 Å². The molecule has 1 saturated heterocycles. The zero-order valence-corrected chi connectivity index (χ0v) is 12.6. The number of likely N-dealkylation sites (tertiary alicyclic amines) is 1. The Labute approximate surface area is 125 Å². The summed E-state index contributed by atoms with van der Waals surface area (Å²) in [5, 5.41) is 3.55. The summed E-state index contributed by atoms with van der Waals surface area (Å²) < 4.78 is 17.8. The van der Waals surface area contributed by atoms with Crippen LogP contribution in [0.4, 0.5) is 4.39 Å². The Balaban J connectivity index is 1.80. The van der Waals surface area contributed by atoms with Crippen LogP contribution in [0.3, 0.4) is 0 Å². The van der Waals surface area contributed by atoms with Gasteiger partial charge in [-0.15, -0.1) is 0 Å². The highest BCUT2D eigenvalue weighted by molar-refractivity contribution is 5.77. The first-order chi connectivity index (χ1) is 10.1. The first kappa shape index (κ1) is 15.9.